The smallest absolute Gasteiger partial charge is 0.243 e. The number of sulfonamides is 1. The molecule has 3 N–H and O–H groups in total. The lowest BCUT2D eigenvalue weighted by Crippen LogP contribution is -2.29. The second-order valence-corrected chi connectivity index (χ2v) is 12.9. The molecule has 3 aromatic heterocycles. The predicted molar refractivity (Wildman–Crippen MR) is 138 cm³/mol. The highest BCUT2D eigenvalue weighted by Gasteiger charge is 2.45. The quantitative estimate of drug-likeness (QED) is 0.341. The highest BCUT2D eigenvalue weighted by molar-refractivity contribution is 7.90. The first-order chi connectivity index (χ1) is 18.2. The third kappa shape index (κ3) is 4.89. The Kier molecular flexibility index (Phi) is 6.39. The Labute approximate surface area is 223 Å². The van der Waals surface area contributed by atoms with Gasteiger partial charge >= 0.3 is 0 Å². The third-order valence-electron chi connectivity index (χ3n) is 7.27. The number of methoxy groups -OCH3 is 1. The van der Waals surface area contributed by atoms with Gasteiger partial charge in [-0.25, -0.2) is 22.2 Å². The van der Waals surface area contributed by atoms with E-state index in [0.717, 1.165) is 24.1 Å². The Morgan fingerprint density at radius 3 is 2.79 bits per heavy atom. The molecule has 3 heterocycles. The summed E-state index contributed by atoms with van der Waals surface area (Å²) in [4.78, 5) is 13.6. The van der Waals surface area contributed by atoms with Crippen LogP contribution < -0.4 is 20.1 Å². The number of hydrogen-bond donors (Lipinski definition) is 3. The number of carbonyl (C=O) groups is 1. The Hall–Kier alpha value is -3.04. The van der Waals surface area contributed by atoms with Crippen LogP contribution in [0.25, 0.3) is 0 Å². The molecule has 0 spiro atoms. The minimum absolute atomic E-state index is 0.103. The van der Waals surface area contributed by atoms with Crippen LogP contribution in [0.3, 0.4) is 0 Å². The molecule has 6 rings (SSSR count). The van der Waals surface area contributed by atoms with Crippen molar-refractivity contribution in [2.24, 2.45) is 18.9 Å². The first-order valence-corrected chi connectivity index (χ1v) is 14.9. The molecule has 0 bridgehead atoms. The van der Waals surface area contributed by atoms with Crippen molar-refractivity contribution in [3.63, 3.8) is 0 Å². The number of halogens is 1. The number of rotatable bonds is 10. The normalized spacial score (nSPS) is 22.7. The summed E-state index contributed by atoms with van der Waals surface area (Å²) in [6.07, 6.45) is 4.40. The van der Waals surface area contributed by atoms with Gasteiger partial charge in [0.2, 0.25) is 27.8 Å². The van der Waals surface area contributed by atoms with Gasteiger partial charge in [-0.1, -0.05) is 0 Å². The molecule has 0 aliphatic heterocycles. The lowest BCUT2D eigenvalue weighted by atomic mass is 9.94. The number of ether oxygens (including phenoxy) is 1. The Morgan fingerprint density at radius 1 is 1.32 bits per heavy atom. The summed E-state index contributed by atoms with van der Waals surface area (Å²) in [5.74, 6) is 0.769. The standard InChI is InChI=1S/C23H29FN8O4S2/c1-31-18(9-19(30-31)36-2)27-23-29-25-11-32(23)13-5-6-17-15(7-13)20(38(34,35)26-10-12-3-4-12)22(37-17)28-21(33)14-8-16(14)24/h9,11-14,16,26H,3-8,10H2,1-2H3,(H,27,29)(H,28,33)/t13-,14?,16?/m0/s1. The highest BCUT2D eigenvalue weighted by atomic mass is 32.2. The lowest BCUT2D eigenvalue weighted by Gasteiger charge is -2.25. The third-order valence-corrected chi connectivity index (χ3v) is 10.1. The molecule has 204 valence electrons. The predicted octanol–water partition coefficient (Wildman–Crippen LogP) is 2.54. The molecule has 2 saturated carbocycles. The zero-order chi connectivity index (χ0) is 26.6. The summed E-state index contributed by atoms with van der Waals surface area (Å²) in [6.45, 7) is 0.368. The number of nitrogens with zero attached hydrogens (tertiary/aromatic N) is 5. The molecule has 2 fully saturated rings. The van der Waals surface area contributed by atoms with Crippen LogP contribution in [0.5, 0.6) is 5.88 Å². The second kappa shape index (κ2) is 9.61. The number of anilines is 3. The summed E-state index contributed by atoms with van der Waals surface area (Å²) in [5.41, 5.74) is 0.680. The fraction of sp³-hybridized carbons (Fsp3) is 0.565. The van der Waals surface area contributed by atoms with E-state index in [-0.39, 0.29) is 22.4 Å². The van der Waals surface area contributed by atoms with E-state index in [1.807, 2.05) is 4.57 Å². The summed E-state index contributed by atoms with van der Waals surface area (Å²) in [7, 11) is -0.580. The number of carbonyl (C=O) groups excluding carboxylic acids is 1. The van der Waals surface area contributed by atoms with Crippen LogP contribution in [-0.2, 0) is 34.7 Å². The van der Waals surface area contributed by atoms with E-state index in [9.17, 15) is 17.6 Å². The maximum Gasteiger partial charge on any atom is 0.243 e. The van der Waals surface area contributed by atoms with Crippen LogP contribution in [0.15, 0.2) is 17.3 Å². The fourth-order valence-electron chi connectivity index (χ4n) is 4.78. The Bertz CT molecular complexity index is 1480. The van der Waals surface area contributed by atoms with Gasteiger partial charge in [0.25, 0.3) is 0 Å². The zero-order valence-electron chi connectivity index (χ0n) is 21.0. The summed E-state index contributed by atoms with van der Waals surface area (Å²) < 4.78 is 52.0. The number of aromatic nitrogens is 5. The van der Waals surface area contributed by atoms with E-state index in [2.05, 4.69) is 30.7 Å². The van der Waals surface area contributed by atoms with E-state index in [4.69, 9.17) is 4.74 Å². The van der Waals surface area contributed by atoms with Crippen molar-refractivity contribution < 1.29 is 22.3 Å². The summed E-state index contributed by atoms with van der Waals surface area (Å²) in [6, 6.07) is 1.62. The van der Waals surface area contributed by atoms with Crippen molar-refractivity contribution in [3.05, 3.63) is 22.8 Å². The minimum atomic E-state index is -3.89. The molecule has 1 amide bonds. The molecule has 3 aromatic rings. The fourth-order valence-corrected chi connectivity index (χ4v) is 7.86. The summed E-state index contributed by atoms with van der Waals surface area (Å²) >= 11 is 1.27. The van der Waals surface area contributed by atoms with Crippen LogP contribution in [0, 0.1) is 11.8 Å². The second-order valence-electron chi connectivity index (χ2n) is 10.1. The summed E-state index contributed by atoms with van der Waals surface area (Å²) in [5, 5.41) is 18.8. The Balaban J connectivity index is 1.29. The zero-order valence-corrected chi connectivity index (χ0v) is 22.6. The lowest BCUT2D eigenvalue weighted by molar-refractivity contribution is -0.117. The Morgan fingerprint density at radius 2 is 2.11 bits per heavy atom. The van der Waals surface area contributed by atoms with Gasteiger partial charge in [-0.15, -0.1) is 26.6 Å². The van der Waals surface area contributed by atoms with Crippen LogP contribution in [0.2, 0.25) is 0 Å². The molecule has 2 unspecified atom stereocenters. The largest absolute Gasteiger partial charge is 0.480 e. The minimum Gasteiger partial charge on any atom is -0.480 e. The van der Waals surface area contributed by atoms with E-state index in [0.29, 0.717) is 48.5 Å². The van der Waals surface area contributed by atoms with Gasteiger partial charge in [-0.3, -0.25) is 9.36 Å². The molecule has 12 nitrogen and oxygen atoms in total. The molecular formula is C23H29FN8O4S2. The molecule has 3 aliphatic carbocycles. The average Bonchev–Trinajstić information content (AvgIpc) is 3.72. The first kappa shape index (κ1) is 25.2. The molecule has 0 aromatic carbocycles. The number of alkyl halides is 1. The number of nitrogens with one attached hydrogen (secondary N) is 3. The van der Waals surface area contributed by atoms with E-state index in [1.165, 1.54) is 18.4 Å². The number of amides is 1. The van der Waals surface area contributed by atoms with Crippen LogP contribution in [-0.4, -0.2) is 58.7 Å². The number of aryl methyl sites for hydroxylation is 2. The average molecular weight is 565 g/mol. The van der Waals surface area contributed by atoms with E-state index < -0.39 is 28.0 Å². The molecule has 3 aliphatic rings. The van der Waals surface area contributed by atoms with Gasteiger partial charge in [-0.05, 0) is 50.0 Å². The van der Waals surface area contributed by atoms with Gasteiger partial charge in [0.05, 0.1) is 13.0 Å². The number of fused-ring (bicyclic) bond motifs is 1. The maximum absolute atomic E-state index is 13.5. The van der Waals surface area contributed by atoms with Gasteiger partial charge in [0.1, 0.15) is 28.2 Å². The van der Waals surface area contributed by atoms with Gasteiger partial charge < -0.3 is 15.4 Å². The SMILES string of the molecule is COc1cc(Nc2nncn2[C@H]2CCc3sc(NC(=O)C4CC4F)c(S(=O)(=O)NCC4CC4)c3C2)n(C)n1. The molecule has 0 saturated heterocycles. The van der Waals surface area contributed by atoms with Crippen molar-refractivity contribution in [1.29, 1.82) is 0 Å². The van der Waals surface area contributed by atoms with Gasteiger partial charge in [0, 0.05) is 30.6 Å². The van der Waals surface area contributed by atoms with Crippen molar-refractivity contribution in [3.8, 4) is 5.88 Å². The van der Waals surface area contributed by atoms with Crippen LogP contribution >= 0.6 is 11.3 Å². The first-order valence-electron chi connectivity index (χ1n) is 12.6. The van der Waals surface area contributed by atoms with E-state index >= 15 is 0 Å². The molecule has 0 radical (unpaired) electrons. The molecular weight excluding hydrogens is 535 g/mol. The topological polar surface area (TPSA) is 145 Å². The van der Waals surface area contributed by atoms with Gasteiger partial charge in [-0.2, -0.15) is 0 Å². The van der Waals surface area contributed by atoms with Crippen molar-refractivity contribution in [2.45, 2.75) is 55.6 Å². The molecule has 3 atom stereocenters. The van der Waals surface area contributed by atoms with Crippen molar-refractivity contribution >= 4 is 44.0 Å². The van der Waals surface area contributed by atoms with E-state index in [1.54, 1.807) is 24.1 Å². The van der Waals surface area contributed by atoms with Gasteiger partial charge in [0.15, 0.2) is 0 Å². The highest BCUT2D eigenvalue weighted by Crippen LogP contribution is 2.45. The number of hydrogen-bond acceptors (Lipinski definition) is 9. The van der Waals surface area contributed by atoms with Crippen molar-refractivity contribution in [1.82, 2.24) is 29.3 Å². The molecule has 38 heavy (non-hydrogen) atoms. The number of thiophene rings is 1. The monoisotopic (exact) mass is 564 g/mol. The maximum atomic E-state index is 13.5. The van der Waals surface area contributed by atoms with Crippen LogP contribution in [0.1, 0.15) is 42.2 Å². The van der Waals surface area contributed by atoms with Crippen LogP contribution in [0.4, 0.5) is 21.2 Å². The van der Waals surface area contributed by atoms with Crippen molar-refractivity contribution in [2.75, 3.05) is 24.3 Å². The molecule has 15 heteroatoms.